The number of benzene rings is 1. The summed E-state index contributed by atoms with van der Waals surface area (Å²) in [5.41, 5.74) is 0.167. The minimum atomic E-state index is -4.64. The van der Waals surface area contributed by atoms with E-state index in [1.54, 1.807) is 54.5 Å². The number of hydrogen-bond donors (Lipinski definition) is 2. The van der Waals surface area contributed by atoms with Crippen molar-refractivity contribution in [3.8, 4) is 6.07 Å². The lowest BCUT2D eigenvalue weighted by atomic mass is 9.99. The van der Waals surface area contributed by atoms with Crippen molar-refractivity contribution < 1.29 is 22.8 Å². The van der Waals surface area contributed by atoms with Crippen LogP contribution in [0.3, 0.4) is 0 Å². The highest BCUT2D eigenvalue weighted by Gasteiger charge is 2.29. The molecule has 1 aromatic heterocycles. The molecule has 2 heterocycles. The molecule has 1 aliphatic rings. The van der Waals surface area contributed by atoms with E-state index in [9.17, 15) is 32.8 Å². The van der Waals surface area contributed by atoms with Gasteiger partial charge in [-0.1, -0.05) is 13.0 Å². The molecular formula is C26H31F3N6O3S. The average Bonchev–Trinajstić information content (AvgIpc) is 3.21. The van der Waals surface area contributed by atoms with Gasteiger partial charge in [-0.15, -0.1) is 11.3 Å². The number of hydrogen-bond acceptors (Lipinski definition) is 7. The molecule has 39 heavy (non-hydrogen) atoms. The molecule has 0 spiro atoms. The molecule has 2 N–H and O–H groups in total. The zero-order chi connectivity index (χ0) is 28.7. The van der Waals surface area contributed by atoms with Gasteiger partial charge in [0, 0.05) is 31.2 Å². The first-order valence-electron chi connectivity index (χ1n) is 12.5. The number of thiazole rings is 1. The number of piperidine rings is 1. The molecule has 210 valence electrons. The first kappa shape index (κ1) is 29.9. The largest absolute Gasteiger partial charge is 0.405 e. The smallest absolute Gasteiger partial charge is 0.360 e. The highest BCUT2D eigenvalue weighted by molar-refractivity contribution is 7.07. The summed E-state index contributed by atoms with van der Waals surface area (Å²) >= 11 is 0.820. The van der Waals surface area contributed by atoms with Gasteiger partial charge in [0.15, 0.2) is 5.57 Å². The lowest BCUT2D eigenvalue weighted by Crippen LogP contribution is -2.42. The van der Waals surface area contributed by atoms with Gasteiger partial charge in [-0.3, -0.25) is 23.9 Å². The van der Waals surface area contributed by atoms with Crippen molar-refractivity contribution in [3.05, 3.63) is 43.8 Å². The Kier molecular flexibility index (Phi) is 9.93. The number of likely N-dealkylation sites (tertiary alicyclic amines) is 1. The molecular weight excluding hydrogens is 533 g/mol. The van der Waals surface area contributed by atoms with E-state index in [-0.39, 0.29) is 21.6 Å². The van der Waals surface area contributed by atoms with Gasteiger partial charge < -0.3 is 15.5 Å². The maximum Gasteiger partial charge on any atom is 0.405 e. The molecule has 13 heteroatoms. The standard InChI is InChI=1S/C26H31F3N6O3S/c1-4-35-24(38)21(39-25(35)20(13-30)23(37)32-16-26(27,28)29)14-31-18-6-5-7-19(12-18)33(3)22(36)15-34-10-8-17(2)9-11-34/h5-7,12,14,17,31H,4,8-11,15-16H2,1-3H3,(H,32,37). The van der Waals surface area contributed by atoms with Gasteiger partial charge in [-0.25, -0.2) is 0 Å². The van der Waals surface area contributed by atoms with Gasteiger partial charge in [0.25, 0.3) is 11.5 Å². The first-order valence-corrected chi connectivity index (χ1v) is 13.3. The molecule has 1 saturated heterocycles. The maximum atomic E-state index is 12.9. The number of nitrogens with one attached hydrogen (secondary N) is 2. The Balaban J connectivity index is 1.82. The Morgan fingerprint density at radius 3 is 2.59 bits per heavy atom. The summed E-state index contributed by atoms with van der Waals surface area (Å²) in [5.74, 6) is -0.579. The highest BCUT2D eigenvalue weighted by Crippen LogP contribution is 2.20. The third-order valence-electron chi connectivity index (χ3n) is 6.44. The van der Waals surface area contributed by atoms with E-state index in [1.807, 2.05) is 0 Å². The van der Waals surface area contributed by atoms with E-state index in [0.29, 0.717) is 23.8 Å². The number of halogens is 3. The third kappa shape index (κ3) is 7.93. The second-order valence-corrected chi connectivity index (χ2v) is 10.4. The zero-order valence-corrected chi connectivity index (χ0v) is 22.8. The molecule has 0 atom stereocenters. The second kappa shape index (κ2) is 12.9. The molecule has 0 radical (unpaired) electrons. The van der Waals surface area contributed by atoms with Crippen molar-refractivity contribution in [2.45, 2.75) is 39.4 Å². The fraction of sp³-hybridized carbons (Fsp3) is 0.462. The fourth-order valence-corrected chi connectivity index (χ4v) is 5.16. The van der Waals surface area contributed by atoms with Crippen LogP contribution in [0.25, 0.3) is 11.8 Å². The van der Waals surface area contributed by atoms with Gasteiger partial charge in [-0.05, 0) is 57.0 Å². The lowest BCUT2D eigenvalue weighted by Gasteiger charge is -2.31. The van der Waals surface area contributed by atoms with Gasteiger partial charge >= 0.3 is 6.18 Å². The average molecular weight is 565 g/mol. The summed E-state index contributed by atoms with van der Waals surface area (Å²) < 4.78 is 38.8. The molecule has 2 aromatic rings. The quantitative estimate of drug-likeness (QED) is 0.506. The van der Waals surface area contributed by atoms with E-state index in [4.69, 9.17) is 0 Å². The number of likely N-dealkylation sites (N-methyl/N-ethyl adjacent to an activating group) is 1. The number of nitriles is 1. The topological polar surface area (TPSA) is 110 Å². The van der Waals surface area contributed by atoms with E-state index < -0.39 is 29.8 Å². The zero-order valence-electron chi connectivity index (χ0n) is 22.0. The van der Waals surface area contributed by atoms with E-state index >= 15 is 0 Å². The number of aromatic nitrogens is 1. The third-order valence-corrected chi connectivity index (χ3v) is 7.57. The number of carbonyl (C=O) groups excluding carboxylic acids is 2. The summed E-state index contributed by atoms with van der Waals surface area (Å²) in [7, 11) is 1.70. The Morgan fingerprint density at radius 1 is 1.28 bits per heavy atom. The van der Waals surface area contributed by atoms with Crippen molar-refractivity contribution >= 4 is 46.3 Å². The summed E-state index contributed by atoms with van der Waals surface area (Å²) in [6, 6.07) is 8.66. The van der Waals surface area contributed by atoms with Crippen LogP contribution in [-0.4, -0.2) is 60.7 Å². The molecule has 0 unspecified atom stereocenters. The Labute approximate surface area is 227 Å². The predicted octanol–water partition coefficient (Wildman–Crippen LogP) is 1.83. The highest BCUT2D eigenvalue weighted by atomic mass is 32.1. The maximum absolute atomic E-state index is 12.9. The van der Waals surface area contributed by atoms with Crippen molar-refractivity contribution in [2.24, 2.45) is 5.92 Å². The predicted molar refractivity (Wildman–Crippen MR) is 144 cm³/mol. The minimum Gasteiger partial charge on any atom is -0.360 e. The van der Waals surface area contributed by atoms with Crippen molar-refractivity contribution in [3.63, 3.8) is 0 Å². The molecule has 2 amide bonds. The molecule has 0 aliphatic carbocycles. The van der Waals surface area contributed by atoms with Crippen LogP contribution < -0.4 is 30.3 Å². The van der Waals surface area contributed by atoms with E-state index in [0.717, 1.165) is 41.8 Å². The number of alkyl halides is 3. The Bertz CT molecular complexity index is 1420. The number of rotatable bonds is 8. The van der Waals surface area contributed by atoms with Crippen molar-refractivity contribution in [2.75, 3.05) is 43.4 Å². The Morgan fingerprint density at radius 2 is 1.97 bits per heavy atom. The molecule has 3 rings (SSSR count). The van der Waals surface area contributed by atoms with Crippen LogP contribution in [-0.2, 0) is 16.1 Å². The summed E-state index contributed by atoms with van der Waals surface area (Å²) in [5, 5.41) is 14.1. The molecule has 0 bridgehead atoms. The fourth-order valence-electron chi connectivity index (χ4n) is 4.07. The van der Waals surface area contributed by atoms with Gasteiger partial charge in [-0.2, -0.15) is 18.4 Å². The SMILES string of the molecule is CCn1c(=C(C#N)C(=O)NCC(F)(F)F)sc(=CNc2cccc(N(C)C(=O)CN3CCC(C)CC3)c2)c1=O. The van der Waals surface area contributed by atoms with Crippen LogP contribution in [0.2, 0.25) is 0 Å². The monoisotopic (exact) mass is 564 g/mol. The first-order chi connectivity index (χ1) is 18.4. The normalized spacial score (nSPS) is 16.0. The number of carbonyl (C=O) groups is 2. The van der Waals surface area contributed by atoms with Crippen molar-refractivity contribution in [1.29, 1.82) is 5.26 Å². The second-order valence-electron chi connectivity index (χ2n) is 9.36. The number of nitrogens with zero attached hydrogens (tertiary/aromatic N) is 4. The number of anilines is 2. The van der Waals surface area contributed by atoms with Crippen LogP contribution in [0.4, 0.5) is 24.5 Å². The summed E-state index contributed by atoms with van der Waals surface area (Å²) in [4.78, 5) is 41.7. The summed E-state index contributed by atoms with van der Waals surface area (Å²) in [6.45, 7) is 4.46. The van der Waals surface area contributed by atoms with Gasteiger partial charge in [0.1, 0.15) is 21.8 Å². The van der Waals surface area contributed by atoms with Gasteiger partial charge in [0.05, 0.1) is 6.54 Å². The van der Waals surface area contributed by atoms with Crippen molar-refractivity contribution in [1.82, 2.24) is 14.8 Å². The lowest BCUT2D eigenvalue weighted by molar-refractivity contribution is -0.135. The van der Waals surface area contributed by atoms with E-state index in [1.165, 1.54) is 6.20 Å². The van der Waals surface area contributed by atoms with Gasteiger partial charge in [0.2, 0.25) is 5.91 Å². The molecule has 1 aromatic carbocycles. The van der Waals surface area contributed by atoms with Crippen LogP contribution in [0.15, 0.2) is 29.1 Å². The molecule has 1 fully saturated rings. The molecule has 1 aliphatic heterocycles. The van der Waals surface area contributed by atoms with Crippen LogP contribution in [0, 0.1) is 17.2 Å². The number of amides is 2. The van der Waals surface area contributed by atoms with Crippen LogP contribution >= 0.6 is 11.3 Å². The Hall–Kier alpha value is -3.63. The van der Waals surface area contributed by atoms with Crippen LogP contribution in [0.1, 0.15) is 26.7 Å². The molecule has 0 saturated carbocycles. The summed E-state index contributed by atoms with van der Waals surface area (Å²) in [6.07, 6.45) is -1.09. The van der Waals surface area contributed by atoms with Crippen LogP contribution in [0.5, 0.6) is 0 Å². The van der Waals surface area contributed by atoms with E-state index in [2.05, 4.69) is 17.1 Å². The molecule has 9 nitrogen and oxygen atoms in total. The minimum absolute atomic E-state index is 0.0380.